The Hall–Kier alpha value is -1.96. The molecule has 18 heavy (non-hydrogen) atoms. The van der Waals surface area contributed by atoms with Crippen molar-refractivity contribution in [2.24, 2.45) is 5.41 Å². The molecule has 0 unspecified atom stereocenters. The summed E-state index contributed by atoms with van der Waals surface area (Å²) in [5.41, 5.74) is 2.45. The highest BCUT2D eigenvalue weighted by molar-refractivity contribution is 6.00. The van der Waals surface area contributed by atoms with Crippen LogP contribution in [-0.4, -0.2) is 10.8 Å². The number of benzene rings is 1. The maximum absolute atomic E-state index is 12.2. The van der Waals surface area contributed by atoms with Crippen molar-refractivity contribution in [1.82, 2.24) is 4.98 Å². The molecular formula is C16H17NO. The third kappa shape index (κ3) is 2.65. The van der Waals surface area contributed by atoms with Crippen LogP contribution in [0.3, 0.4) is 0 Å². The molecule has 0 aliphatic heterocycles. The van der Waals surface area contributed by atoms with E-state index in [-0.39, 0.29) is 11.2 Å². The second-order valence-electron chi connectivity index (χ2n) is 5.40. The fraction of sp³-hybridized carbons (Fsp3) is 0.250. The van der Waals surface area contributed by atoms with Gasteiger partial charge < -0.3 is 0 Å². The molecule has 0 radical (unpaired) electrons. The molecule has 0 atom stereocenters. The molecule has 1 heterocycles. The fourth-order valence-electron chi connectivity index (χ4n) is 1.81. The predicted octanol–water partition coefficient (Wildman–Crippen LogP) is 3.98. The van der Waals surface area contributed by atoms with E-state index in [1.54, 1.807) is 12.4 Å². The van der Waals surface area contributed by atoms with Crippen molar-refractivity contribution in [2.45, 2.75) is 20.8 Å². The Morgan fingerprint density at radius 1 is 1.06 bits per heavy atom. The Bertz CT molecular complexity index is 553. The lowest BCUT2D eigenvalue weighted by Crippen LogP contribution is -2.20. The van der Waals surface area contributed by atoms with Gasteiger partial charge in [0.25, 0.3) is 0 Å². The number of ketones is 1. The number of hydrogen-bond donors (Lipinski definition) is 0. The van der Waals surface area contributed by atoms with Gasteiger partial charge in [-0.3, -0.25) is 9.78 Å². The Kier molecular flexibility index (Phi) is 3.28. The van der Waals surface area contributed by atoms with Crippen LogP contribution < -0.4 is 0 Å². The maximum Gasteiger partial charge on any atom is 0.168 e. The molecule has 1 aromatic carbocycles. The topological polar surface area (TPSA) is 30.0 Å². The smallest absolute Gasteiger partial charge is 0.168 e. The zero-order chi connectivity index (χ0) is 13.2. The zero-order valence-electron chi connectivity index (χ0n) is 11.0. The number of hydrogen-bond acceptors (Lipinski definition) is 2. The standard InChI is InChI=1S/C16H17NO/c1-16(2,3)15(18)13-7-4-6-12(10-13)14-8-5-9-17-11-14/h4-11H,1-3H3. The fourth-order valence-corrected chi connectivity index (χ4v) is 1.81. The first-order chi connectivity index (χ1) is 8.48. The summed E-state index contributed by atoms with van der Waals surface area (Å²) in [6.07, 6.45) is 3.55. The van der Waals surface area contributed by atoms with E-state index in [2.05, 4.69) is 4.98 Å². The number of pyridine rings is 1. The molecule has 0 aliphatic rings. The monoisotopic (exact) mass is 239 g/mol. The molecule has 2 heteroatoms. The van der Waals surface area contributed by atoms with Crippen molar-refractivity contribution in [2.75, 3.05) is 0 Å². The molecule has 1 aromatic heterocycles. The molecule has 0 spiro atoms. The van der Waals surface area contributed by atoms with Crippen molar-refractivity contribution < 1.29 is 4.79 Å². The average Bonchev–Trinajstić information content (AvgIpc) is 2.38. The summed E-state index contributed by atoms with van der Waals surface area (Å²) in [7, 11) is 0. The molecule has 0 bridgehead atoms. The largest absolute Gasteiger partial charge is 0.294 e. The van der Waals surface area contributed by atoms with Gasteiger partial charge in [-0.25, -0.2) is 0 Å². The molecule has 0 saturated carbocycles. The van der Waals surface area contributed by atoms with Crippen LogP contribution in [0.25, 0.3) is 11.1 Å². The number of nitrogens with zero attached hydrogens (tertiary/aromatic N) is 1. The first-order valence-electron chi connectivity index (χ1n) is 6.04. The predicted molar refractivity (Wildman–Crippen MR) is 73.5 cm³/mol. The van der Waals surface area contributed by atoms with Gasteiger partial charge in [-0.15, -0.1) is 0 Å². The van der Waals surface area contributed by atoms with E-state index in [1.807, 2.05) is 57.2 Å². The van der Waals surface area contributed by atoms with Crippen LogP contribution >= 0.6 is 0 Å². The van der Waals surface area contributed by atoms with E-state index in [0.717, 1.165) is 16.7 Å². The SMILES string of the molecule is CC(C)(C)C(=O)c1cccc(-c2cccnc2)c1. The van der Waals surface area contributed by atoms with Crippen molar-refractivity contribution in [3.8, 4) is 11.1 Å². The summed E-state index contributed by atoms with van der Waals surface area (Å²) in [6.45, 7) is 5.81. The molecule has 0 amide bonds. The van der Waals surface area contributed by atoms with E-state index < -0.39 is 0 Å². The van der Waals surface area contributed by atoms with Crippen molar-refractivity contribution in [3.05, 3.63) is 54.4 Å². The molecule has 0 saturated heterocycles. The molecule has 0 N–H and O–H groups in total. The number of carbonyl (C=O) groups excluding carboxylic acids is 1. The molecule has 92 valence electrons. The molecule has 2 rings (SSSR count). The van der Waals surface area contributed by atoms with Gasteiger partial charge in [0.05, 0.1) is 0 Å². The summed E-state index contributed by atoms with van der Waals surface area (Å²) in [6, 6.07) is 11.6. The Morgan fingerprint density at radius 2 is 1.78 bits per heavy atom. The minimum Gasteiger partial charge on any atom is -0.294 e. The van der Waals surface area contributed by atoms with Crippen LogP contribution in [0.5, 0.6) is 0 Å². The summed E-state index contributed by atoms with van der Waals surface area (Å²) < 4.78 is 0. The van der Waals surface area contributed by atoms with Gasteiger partial charge in [-0.2, -0.15) is 0 Å². The average molecular weight is 239 g/mol. The van der Waals surface area contributed by atoms with E-state index in [4.69, 9.17) is 0 Å². The maximum atomic E-state index is 12.2. The second-order valence-corrected chi connectivity index (χ2v) is 5.40. The molecule has 2 nitrogen and oxygen atoms in total. The summed E-state index contributed by atoms with van der Waals surface area (Å²) >= 11 is 0. The van der Waals surface area contributed by atoms with Crippen LogP contribution in [-0.2, 0) is 0 Å². The van der Waals surface area contributed by atoms with Gasteiger partial charge >= 0.3 is 0 Å². The highest BCUT2D eigenvalue weighted by Crippen LogP contribution is 2.24. The lowest BCUT2D eigenvalue weighted by molar-refractivity contribution is 0.0858. The quantitative estimate of drug-likeness (QED) is 0.742. The lowest BCUT2D eigenvalue weighted by Gasteiger charge is -2.17. The Labute approximate surface area is 108 Å². The number of Topliss-reactive ketones (excluding diaryl/α,β-unsaturated/α-hetero) is 1. The van der Waals surface area contributed by atoms with E-state index >= 15 is 0 Å². The van der Waals surface area contributed by atoms with Crippen LogP contribution in [0, 0.1) is 5.41 Å². The highest BCUT2D eigenvalue weighted by Gasteiger charge is 2.22. The Balaban J connectivity index is 2.41. The van der Waals surface area contributed by atoms with Gasteiger partial charge in [0.15, 0.2) is 5.78 Å². The lowest BCUT2D eigenvalue weighted by atomic mass is 9.86. The van der Waals surface area contributed by atoms with E-state index in [1.165, 1.54) is 0 Å². The first-order valence-corrected chi connectivity index (χ1v) is 6.04. The Morgan fingerprint density at radius 3 is 2.39 bits per heavy atom. The van der Waals surface area contributed by atoms with Gasteiger partial charge in [-0.05, 0) is 17.7 Å². The first kappa shape index (κ1) is 12.5. The minimum absolute atomic E-state index is 0.160. The van der Waals surface area contributed by atoms with Gasteiger partial charge in [0, 0.05) is 28.9 Å². The molecule has 2 aromatic rings. The van der Waals surface area contributed by atoms with Gasteiger partial charge in [0.1, 0.15) is 0 Å². The molecule has 0 fully saturated rings. The second kappa shape index (κ2) is 4.73. The zero-order valence-corrected chi connectivity index (χ0v) is 11.0. The molecular weight excluding hydrogens is 222 g/mol. The van der Waals surface area contributed by atoms with Crippen LogP contribution in [0.15, 0.2) is 48.8 Å². The van der Waals surface area contributed by atoms with E-state index in [9.17, 15) is 4.79 Å². The summed E-state index contributed by atoms with van der Waals surface area (Å²) in [5.74, 6) is 0.160. The van der Waals surface area contributed by atoms with Crippen LogP contribution in [0.4, 0.5) is 0 Å². The van der Waals surface area contributed by atoms with Crippen molar-refractivity contribution >= 4 is 5.78 Å². The van der Waals surface area contributed by atoms with Gasteiger partial charge in [0.2, 0.25) is 0 Å². The summed E-state index contributed by atoms with van der Waals surface area (Å²) in [5, 5.41) is 0. The van der Waals surface area contributed by atoms with Crippen LogP contribution in [0.1, 0.15) is 31.1 Å². The van der Waals surface area contributed by atoms with Crippen molar-refractivity contribution in [3.63, 3.8) is 0 Å². The number of aromatic nitrogens is 1. The highest BCUT2D eigenvalue weighted by atomic mass is 16.1. The number of rotatable bonds is 2. The van der Waals surface area contributed by atoms with Crippen molar-refractivity contribution in [1.29, 1.82) is 0 Å². The van der Waals surface area contributed by atoms with Gasteiger partial charge in [-0.1, -0.05) is 45.0 Å². The number of carbonyl (C=O) groups is 1. The normalized spacial score (nSPS) is 11.3. The third-order valence-corrected chi connectivity index (χ3v) is 2.80. The minimum atomic E-state index is -0.354. The van der Waals surface area contributed by atoms with E-state index in [0.29, 0.717) is 0 Å². The summed E-state index contributed by atoms with van der Waals surface area (Å²) in [4.78, 5) is 16.3. The van der Waals surface area contributed by atoms with Crippen LogP contribution in [0.2, 0.25) is 0 Å². The third-order valence-electron chi connectivity index (χ3n) is 2.80. The molecule has 0 aliphatic carbocycles.